The molecule has 9 heteroatoms. The summed E-state index contributed by atoms with van der Waals surface area (Å²) in [4.78, 5) is 19.4. The summed E-state index contributed by atoms with van der Waals surface area (Å²) in [5.74, 6) is 0.596. The number of morpholine rings is 1. The summed E-state index contributed by atoms with van der Waals surface area (Å²) in [5.41, 5.74) is 2.77. The molecule has 8 nitrogen and oxygen atoms in total. The largest absolute Gasteiger partial charge is 0.372 e. The second kappa shape index (κ2) is 10.5. The number of aromatic nitrogens is 1. The lowest BCUT2D eigenvalue weighted by molar-refractivity contribution is -0.00546. The van der Waals surface area contributed by atoms with Crippen molar-refractivity contribution in [2.24, 2.45) is 0 Å². The van der Waals surface area contributed by atoms with Crippen molar-refractivity contribution in [1.29, 1.82) is 0 Å². The summed E-state index contributed by atoms with van der Waals surface area (Å²) in [7, 11) is -3.75. The maximum absolute atomic E-state index is 12.6. The van der Waals surface area contributed by atoms with E-state index in [-0.39, 0.29) is 23.0 Å². The third-order valence-electron chi connectivity index (χ3n) is 5.74. The van der Waals surface area contributed by atoms with Crippen molar-refractivity contribution in [3.8, 4) is 0 Å². The van der Waals surface area contributed by atoms with Crippen LogP contribution in [-0.2, 0) is 21.3 Å². The first-order valence-corrected chi connectivity index (χ1v) is 13.0. The summed E-state index contributed by atoms with van der Waals surface area (Å²) >= 11 is 0. The lowest BCUT2D eigenvalue weighted by Crippen LogP contribution is -2.45. The quantitative estimate of drug-likeness (QED) is 0.519. The van der Waals surface area contributed by atoms with Gasteiger partial charge in [-0.1, -0.05) is 23.8 Å². The molecule has 1 aromatic heterocycles. The van der Waals surface area contributed by atoms with Crippen molar-refractivity contribution in [1.82, 2.24) is 10.3 Å². The topological polar surface area (TPSA) is 101 Å². The molecule has 0 saturated carbocycles. The van der Waals surface area contributed by atoms with Gasteiger partial charge < -0.3 is 15.0 Å². The van der Waals surface area contributed by atoms with Gasteiger partial charge in [0.25, 0.3) is 15.9 Å². The number of carbonyl (C=O) groups is 1. The first kappa shape index (κ1) is 24.7. The predicted molar refractivity (Wildman–Crippen MR) is 136 cm³/mol. The molecular weight excluding hydrogens is 464 g/mol. The number of sulfonamides is 1. The zero-order valence-electron chi connectivity index (χ0n) is 20.1. The fraction of sp³-hybridized carbons (Fsp3) is 0.308. The summed E-state index contributed by atoms with van der Waals surface area (Å²) in [6.45, 7) is 7.93. The number of amides is 1. The molecule has 2 N–H and O–H groups in total. The number of hydrogen-bond donors (Lipinski definition) is 2. The summed E-state index contributed by atoms with van der Waals surface area (Å²) in [6, 6.07) is 16.8. The molecule has 184 valence electrons. The van der Waals surface area contributed by atoms with Gasteiger partial charge >= 0.3 is 0 Å². The molecule has 2 heterocycles. The molecule has 0 bridgehead atoms. The first-order valence-electron chi connectivity index (χ1n) is 11.5. The molecule has 0 spiro atoms. The van der Waals surface area contributed by atoms with Crippen LogP contribution in [0.4, 0.5) is 11.5 Å². The van der Waals surface area contributed by atoms with Crippen LogP contribution in [-0.4, -0.2) is 44.6 Å². The van der Waals surface area contributed by atoms with Crippen LogP contribution in [0.1, 0.15) is 35.3 Å². The average molecular weight is 495 g/mol. The minimum Gasteiger partial charge on any atom is -0.372 e. The van der Waals surface area contributed by atoms with Gasteiger partial charge in [-0.25, -0.2) is 13.4 Å². The molecule has 1 amide bonds. The van der Waals surface area contributed by atoms with E-state index in [0.29, 0.717) is 17.8 Å². The third kappa shape index (κ3) is 6.37. The number of ether oxygens (including phenoxy) is 1. The number of pyridine rings is 1. The Morgan fingerprint density at radius 3 is 2.26 bits per heavy atom. The molecule has 0 radical (unpaired) electrons. The van der Waals surface area contributed by atoms with Crippen molar-refractivity contribution >= 4 is 27.4 Å². The Hall–Kier alpha value is -3.43. The molecule has 35 heavy (non-hydrogen) atoms. The maximum Gasteiger partial charge on any atom is 0.261 e. The SMILES string of the molecule is Cc1ccc(NS(=O)(=O)c2ccc(C(=O)NCc3ccc(N4CC(C)OC(C)C4)nc3)cc2)cc1. The van der Waals surface area contributed by atoms with E-state index >= 15 is 0 Å². The Bertz CT molecular complexity index is 1250. The van der Waals surface area contributed by atoms with E-state index < -0.39 is 10.0 Å². The minimum absolute atomic E-state index is 0.0844. The Morgan fingerprint density at radius 1 is 1.00 bits per heavy atom. The predicted octanol–water partition coefficient (Wildman–Crippen LogP) is 3.73. The van der Waals surface area contributed by atoms with Gasteiger partial charge in [0.05, 0.1) is 17.1 Å². The highest BCUT2D eigenvalue weighted by molar-refractivity contribution is 7.92. The molecule has 3 aromatic rings. The van der Waals surface area contributed by atoms with Crippen LogP contribution in [0.25, 0.3) is 0 Å². The number of rotatable bonds is 7. The highest BCUT2D eigenvalue weighted by Crippen LogP contribution is 2.19. The number of aryl methyl sites for hydroxylation is 1. The lowest BCUT2D eigenvalue weighted by Gasteiger charge is -2.36. The summed E-state index contributed by atoms with van der Waals surface area (Å²) in [5, 5.41) is 2.85. The fourth-order valence-electron chi connectivity index (χ4n) is 3.98. The van der Waals surface area contributed by atoms with E-state index in [4.69, 9.17) is 4.74 Å². The van der Waals surface area contributed by atoms with Crippen LogP contribution in [0.3, 0.4) is 0 Å². The highest BCUT2D eigenvalue weighted by atomic mass is 32.2. The van der Waals surface area contributed by atoms with Gasteiger partial charge in [0.2, 0.25) is 0 Å². The standard InChI is InChI=1S/C26H30N4O4S/c1-18-4-9-23(10-5-18)29-35(32,33)24-11-7-22(8-12-24)26(31)28-15-21-6-13-25(27-14-21)30-16-19(2)34-20(3)17-30/h4-14,19-20,29H,15-17H2,1-3H3,(H,28,31). The lowest BCUT2D eigenvalue weighted by atomic mass is 10.2. The molecule has 1 fully saturated rings. The zero-order chi connectivity index (χ0) is 25.0. The van der Waals surface area contributed by atoms with E-state index in [1.165, 1.54) is 24.3 Å². The van der Waals surface area contributed by atoms with Crippen molar-refractivity contribution < 1.29 is 17.9 Å². The van der Waals surface area contributed by atoms with Crippen molar-refractivity contribution in [2.75, 3.05) is 22.7 Å². The van der Waals surface area contributed by atoms with Crippen LogP contribution in [0.15, 0.2) is 71.8 Å². The normalized spacial score (nSPS) is 18.2. The molecule has 4 rings (SSSR count). The van der Waals surface area contributed by atoms with Crippen LogP contribution in [0.5, 0.6) is 0 Å². The molecular formula is C26H30N4O4S. The van der Waals surface area contributed by atoms with E-state index in [9.17, 15) is 13.2 Å². The smallest absolute Gasteiger partial charge is 0.261 e. The number of nitrogens with one attached hydrogen (secondary N) is 2. The van der Waals surface area contributed by atoms with Gasteiger partial charge in [-0.15, -0.1) is 0 Å². The second-order valence-corrected chi connectivity index (χ2v) is 10.5. The van der Waals surface area contributed by atoms with E-state index in [2.05, 4.69) is 33.8 Å². The van der Waals surface area contributed by atoms with Crippen molar-refractivity contribution in [2.45, 2.75) is 44.4 Å². The van der Waals surface area contributed by atoms with Crippen molar-refractivity contribution in [3.05, 3.63) is 83.6 Å². The maximum atomic E-state index is 12.6. The molecule has 1 aliphatic heterocycles. The second-order valence-electron chi connectivity index (χ2n) is 8.87. The van der Waals surface area contributed by atoms with Gasteiger partial charge in [-0.2, -0.15) is 0 Å². The number of anilines is 2. The van der Waals surface area contributed by atoms with Crippen LogP contribution >= 0.6 is 0 Å². The number of carbonyl (C=O) groups excluding carboxylic acids is 1. The molecule has 2 atom stereocenters. The van der Waals surface area contributed by atoms with Gasteiger partial charge in [0.1, 0.15) is 5.82 Å². The first-order chi connectivity index (χ1) is 16.7. The minimum atomic E-state index is -3.75. The molecule has 1 aliphatic rings. The number of nitrogens with zero attached hydrogens (tertiary/aromatic N) is 2. The number of hydrogen-bond acceptors (Lipinski definition) is 6. The van der Waals surface area contributed by atoms with E-state index in [1.807, 2.05) is 31.2 Å². The fourth-order valence-corrected chi connectivity index (χ4v) is 5.04. The number of benzene rings is 2. The van der Waals surface area contributed by atoms with Crippen LogP contribution in [0, 0.1) is 6.92 Å². The summed E-state index contributed by atoms with van der Waals surface area (Å²) < 4.78 is 33.6. The highest BCUT2D eigenvalue weighted by Gasteiger charge is 2.23. The van der Waals surface area contributed by atoms with E-state index in [1.54, 1.807) is 18.3 Å². The Balaban J connectivity index is 1.33. The molecule has 0 aliphatic carbocycles. The van der Waals surface area contributed by atoms with Gasteiger partial charge in [-0.3, -0.25) is 9.52 Å². The Kier molecular flexibility index (Phi) is 7.37. The summed E-state index contributed by atoms with van der Waals surface area (Å²) in [6.07, 6.45) is 2.06. The van der Waals surface area contributed by atoms with E-state index in [0.717, 1.165) is 30.0 Å². The molecule has 2 aromatic carbocycles. The Morgan fingerprint density at radius 2 is 1.66 bits per heavy atom. The third-order valence-corrected chi connectivity index (χ3v) is 7.13. The zero-order valence-corrected chi connectivity index (χ0v) is 20.9. The Labute approximate surface area is 206 Å². The van der Waals surface area contributed by atoms with Crippen LogP contribution < -0.4 is 14.9 Å². The molecule has 1 saturated heterocycles. The monoisotopic (exact) mass is 494 g/mol. The van der Waals surface area contributed by atoms with Crippen molar-refractivity contribution in [3.63, 3.8) is 0 Å². The average Bonchev–Trinajstić information content (AvgIpc) is 2.83. The molecule has 2 unspecified atom stereocenters. The van der Waals surface area contributed by atoms with Crippen LogP contribution in [0.2, 0.25) is 0 Å². The van der Waals surface area contributed by atoms with Gasteiger partial charge in [0, 0.05) is 37.1 Å². The van der Waals surface area contributed by atoms with Gasteiger partial charge in [-0.05, 0) is 68.8 Å². The van der Waals surface area contributed by atoms with Gasteiger partial charge in [0.15, 0.2) is 0 Å².